The first-order valence-corrected chi connectivity index (χ1v) is 5.34. The molecule has 0 aliphatic carbocycles. The molecule has 0 aliphatic rings. The largest absolute Gasteiger partial charge is 0.481 e. The second-order valence-corrected chi connectivity index (χ2v) is 4.03. The third-order valence-corrected chi connectivity index (χ3v) is 2.15. The van der Waals surface area contributed by atoms with E-state index in [4.69, 9.17) is 16.7 Å². The average Bonchev–Trinajstić information content (AvgIpc) is 2.25. The van der Waals surface area contributed by atoms with Gasteiger partial charge in [-0.1, -0.05) is 18.5 Å². The van der Waals surface area contributed by atoms with Gasteiger partial charge in [0.2, 0.25) is 0 Å². The summed E-state index contributed by atoms with van der Waals surface area (Å²) in [5, 5.41) is 11.3. The van der Waals surface area contributed by atoms with Gasteiger partial charge in [-0.15, -0.1) is 0 Å². The molecule has 2 N–H and O–H groups in total. The second-order valence-electron chi connectivity index (χ2n) is 3.64. The molecule has 1 aromatic rings. The van der Waals surface area contributed by atoms with Crippen LogP contribution >= 0.6 is 11.6 Å². The van der Waals surface area contributed by atoms with E-state index in [0.29, 0.717) is 0 Å². The quantitative estimate of drug-likeness (QED) is 0.820. The van der Waals surface area contributed by atoms with E-state index in [1.165, 1.54) is 12.4 Å². The molecular formula is C10H12ClN3O3. The van der Waals surface area contributed by atoms with Crippen LogP contribution in [0.15, 0.2) is 12.4 Å². The molecule has 17 heavy (non-hydrogen) atoms. The van der Waals surface area contributed by atoms with Crippen LogP contribution in [0.3, 0.4) is 0 Å². The highest BCUT2D eigenvalue weighted by atomic mass is 35.5. The first kappa shape index (κ1) is 13.4. The minimum atomic E-state index is -0.894. The zero-order chi connectivity index (χ0) is 12.8. The highest BCUT2D eigenvalue weighted by Gasteiger charge is 2.12. The lowest BCUT2D eigenvalue weighted by Gasteiger charge is -2.09. The third-order valence-electron chi connectivity index (χ3n) is 1.97. The Morgan fingerprint density at radius 1 is 1.53 bits per heavy atom. The standard InChI is InChI=1S/C10H12ClN3O3/c1-6(2-9(15)16)3-13-10(17)7-4-12-5-8(11)14-7/h4-6H,2-3H2,1H3,(H,13,17)(H,15,16). The van der Waals surface area contributed by atoms with Crippen molar-refractivity contribution >= 4 is 23.5 Å². The SMILES string of the molecule is CC(CNC(=O)c1cncc(Cl)n1)CC(=O)O. The number of amides is 1. The molecule has 0 radical (unpaired) electrons. The Bertz CT molecular complexity index is 425. The van der Waals surface area contributed by atoms with Crippen molar-refractivity contribution in [2.45, 2.75) is 13.3 Å². The van der Waals surface area contributed by atoms with Gasteiger partial charge in [-0.3, -0.25) is 14.6 Å². The van der Waals surface area contributed by atoms with Crippen molar-refractivity contribution in [1.29, 1.82) is 0 Å². The summed E-state index contributed by atoms with van der Waals surface area (Å²) >= 11 is 5.59. The van der Waals surface area contributed by atoms with Gasteiger partial charge in [0.25, 0.3) is 5.91 Å². The van der Waals surface area contributed by atoms with Crippen LogP contribution < -0.4 is 5.32 Å². The number of halogens is 1. The van der Waals surface area contributed by atoms with E-state index < -0.39 is 11.9 Å². The number of carboxylic acid groups (broad SMARTS) is 1. The number of aliphatic carboxylic acids is 1. The first-order chi connectivity index (χ1) is 7.99. The van der Waals surface area contributed by atoms with Gasteiger partial charge in [0.1, 0.15) is 10.8 Å². The molecule has 1 amide bonds. The Balaban J connectivity index is 2.47. The van der Waals surface area contributed by atoms with E-state index in [1.807, 2.05) is 0 Å². The topological polar surface area (TPSA) is 92.2 Å². The summed E-state index contributed by atoms with van der Waals surface area (Å²) in [6.07, 6.45) is 2.62. The normalized spacial score (nSPS) is 11.9. The van der Waals surface area contributed by atoms with Crippen LogP contribution in [0.1, 0.15) is 23.8 Å². The number of nitrogens with zero attached hydrogens (tertiary/aromatic N) is 2. The Labute approximate surface area is 103 Å². The summed E-state index contributed by atoms with van der Waals surface area (Å²) < 4.78 is 0. The van der Waals surface area contributed by atoms with Gasteiger partial charge in [0.05, 0.1) is 12.4 Å². The van der Waals surface area contributed by atoms with Crippen molar-refractivity contribution in [2.75, 3.05) is 6.54 Å². The van der Waals surface area contributed by atoms with E-state index in [1.54, 1.807) is 6.92 Å². The molecule has 1 unspecified atom stereocenters. The monoisotopic (exact) mass is 257 g/mol. The molecule has 0 fully saturated rings. The fourth-order valence-electron chi connectivity index (χ4n) is 1.18. The number of rotatable bonds is 5. The van der Waals surface area contributed by atoms with Gasteiger partial charge >= 0.3 is 5.97 Å². The lowest BCUT2D eigenvalue weighted by atomic mass is 10.1. The lowest BCUT2D eigenvalue weighted by molar-refractivity contribution is -0.137. The maximum Gasteiger partial charge on any atom is 0.303 e. The smallest absolute Gasteiger partial charge is 0.303 e. The number of aromatic nitrogens is 2. The molecule has 0 saturated carbocycles. The van der Waals surface area contributed by atoms with Crippen molar-refractivity contribution in [3.8, 4) is 0 Å². The van der Waals surface area contributed by atoms with Crippen LogP contribution in [0.2, 0.25) is 5.15 Å². The number of carboxylic acids is 1. The van der Waals surface area contributed by atoms with Crippen LogP contribution in [0.4, 0.5) is 0 Å². The molecule has 0 aromatic carbocycles. The summed E-state index contributed by atoms with van der Waals surface area (Å²) in [5.41, 5.74) is 0.111. The molecule has 0 saturated heterocycles. The fraction of sp³-hybridized carbons (Fsp3) is 0.400. The van der Waals surface area contributed by atoms with Gasteiger partial charge < -0.3 is 10.4 Å². The summed E-state index contributed by atoms with van der Waals surface area (Å²) in [5.74, 6) is -1.46. The maximum absolute atomic E-state index is 11.6. The molecule has 1 rings (SSSR count). The number of hydrogen-bond acceptors (Lipinski definition) is 4. The summed E-state index contributed by atoms with van der Waals surface area (Å²) in [6, 6.07) is 0. The highest BCUT2D eigenvalue weighted by Crippen LogP contribution is 2.03. The molecule has 0 spiro atoms. The zero-order valence-electron chi connectivity index (χ0n) is 9.18. The summed E-state index contributed by atoms with van der Waals surface area (Å²) in [6.45, 7) is 2.00. The molecule has 1 aromatic heterocycles. The third kappa shape index (κ3) is 4.78. The van der Waals surface area contributed by atoms with Crippen LogP contribution in [0.5, 0.6) is 0 Å². The molecule has 1 atom stereocenters. The van der Waals surface area contributed by atoms with Crippen molar-refractivity contribution < 1.29 is 14.7 Å². The summed E-state index contributed by atoms with van der Waals surface area (Å²) in [7, 11) is 0. The number of carbonyl (C=O) groups is 2. The van der Waals surface area contributed by atoms with Gasteiger partial charge in [0.15, 0.2) is 0 Å². The minimum Gasteiger partial charge on any atom is -0.481 e. The molecular weight excluding hydrogens is 246 g/mol. The van der Waals surface area contributed by atoms with Crippen molar-refractivity contribution in [3.05, 3.63) is 23.2 Å². The van der Waals surface area contributed by atoms with E-state index >= 15 is 0 Å². The Hall–Kier alpha value is -1.69. The van der Waals surface area contributed by atoms with Crippen LogP contribution in [0.25, 0.3) is 0 Å². The zero-order valence-corrected chi connectivity index (χ0v) is 9.94. The van der Waals surface area contributed by atoms with Crippen molar-refractivity contribution in [1.82, 2.24) is 15.3 Å². The maximum atomic E-state index is 11.6. The van der Waals surface area contributed by atoms with Crippen molar-refractivity contribution in [2.24, 2.45) is 5.92 Å². The Morgan fingerprint density at radius 2 is 2.24 bits per heavy atom. The second kappa shape index (κ2) is 6.15. The predicted octanol–water partition coefficient (Wildman–Crippen LogP) is 0.971. The van der Waals surface area contributed by atoms with E-state index in [9.17, 15) is 9.59 Å². The van der Waals surface area contributed by atoms with Crippen LogP contribution in [0, 0.1) is 5.92 Å². The molecule has 0 aliphatic heterocycles. The van der Waals surface area contributed by atoms with Gasteiger partial charge in [-0.25, -0.2) is 4.98 Å². The Morgan fingerprint density at radius 3 is 2.82 bits per heavy atom. The molecule has 1 heterocycles. The van der Waals surface area contributed by atoms with E-state index in [2.05, 4.69) is 15.3 Å². The van der Waals surface area contributed by atoms with Crippen LogP contribution in [-0.4, -0.2) is 33.5 Å². The number of nitrogens with one attached hydrogen (secondary N) is 1. The van der Waals surface area contributed by atoms with E-state index in [0.717, 1.165) is 0 Å². The first-order valence-electron chi connectivity index (χ1n) is 4.96. The summed E-state index contributed by atoms with van der Waals surface area (Å²) in [4.78, 5) is 29.5. The molecule has 6 nitrogen and oxygen atoms in total. The van der Waals surface area contributed by atoms with Crippen molar-refractivity contribution in [3.63, 3.8) is 0 Å². The average molecular weight is 258 g/mol. The number of carbonyl (C=O) groups excluding carboxylic acids is 1. The van der Waals surface area contributed by atoms with Gasteiger partial charge in [0, 0.05) is 13.0 Å². The number of hydrogen-bond donors (Lipinski definition) is 2. The van der Waals surface area contributed by atoms with Gasteiger partial charge in [-0.2, -0.15) is 0 Å². The van der Waals surface area contributed by atoms with E-state index in [-0.39, 0.29) is 29.7 Å². The lowest BCUT2D eigenvalue weighted by Crippen LogP contribution is -2.29. The highest BCUT2D eigenvalue weighted by molar-refractivity contribution is 6.29. The predicted molar refractivity (Wildman–Crippen MR) is 60.8 cm³/mol. The molecule has 7 heteroatoms. The Kier molecular flexibility index (Phi) is 4.84. The minimum absolute atomic E-state index is 0.00149. The molecule has 0 bridgehead atoms. The van der Waals surface area contributed by atoms with Gasteiger partial charge in [-0.05, 0) is 5.92 Å². The molecule has 92 valence electrons. The van der Waals surface area contributed by atoms with Crippen LogP contribution in [-0.2, 0) is 4.79 Å². The fourth-order valence-corrected chi connectivity index (χ4v) is 1.33.